The molecule has 0 aliphatic carbocycles. The van der Waals surface area contributed by atoms with E-state index in [1.807, 2.05) is 54.6 Å². The molecule has 1 aliphatic rings. The van der Waals surface area contributed by atoms with Crippen molar-refractivity contribution < 1.29 is 9.53 Å². The van der Waals surface area contributed by atoms with Crippen molar-refractivity contribution in [3.8, 4) is 11.5 Å². The predicted molar refractivity (Wildman–Crippen MR) is 106 cm³/mol. The van der Waals surface area contributed by atoms with Crippen LogP contribution in [0.15, 0.2) is 72.9 Å². The van der Waals surface area contributed by atoms with Crippen molar-refractivity contribution in [1.29, 1.82) is 0 Å². The number of amides is 1. The third kappa shape index (κ3) is 3.88. The van der Waals surface area contributed by atoms with Gasteiger partial charge in [-0.1, -0.05) is 30.3 Å². The SMILES string of the molecule is C[C@@H]1c2cccn2CCN1CC(=O)Nc1ccccc1Oc1ccccc1. The van der Waals surface area contributed by atoms with Crippen LogP contribution in [0, 0.1) is 0 Å². The van der Waals surface area contributed by atoms with Crippen LogP contribution < -0.4 is 10.1 Å². The van der Waals surface area contributed by atoms with E-state index < -0.39 is 0 Å². The first-order valence-corrected chi connectivity index (χ1v) is 9.21. The van der Waals surface area contributed by atoms with Crippen LogP contribution in [0.5, 0.6) is 11.5 Å². The number of aromatic nitrogens is 1. The maximum atomic E-state index is 12.7. The van der Waals surface area contributed by atoms with Gasteiger partial charge in [0.1, 0.15) is 5.75 Å². The van der Waals surface area contributed by atoms with E-state index in [1.165, 1.54) is 5.69 Å². The van der Waals surface area contributed by atoms with Crippen LogP contribution in [0.4, 0.5) is 5.69 Å². The van der Waals surface area contributed by atoms with Gasteiger partial charge in [0.25, 0.3) is 0 Å². The molecule has 0 saturated heterocycles. The Morgan fingerprint density at radius 3 is 2.67 bits per heavy atom. The average Bonchev–Trinajstić information content (AvgIpc) is 3.16. The van der Waals surface area contributed by atoms with E-state index >= 15 is 0 Å². The number of para-hydroxylation sites is 3. The number of nitrogens with one attached hydrogen (secondary N) is 1. The maximum Gasteiger partial charge on any atom is 0.238 e. The molecule has 1 aromatic heterocycles. The number of fused-ring (bicyclic) bond motifs is 1. The molecule has 1 aliphatic heterocycles. The Hall–Kier alpha value is -3.05. The van der Waals surface area contributed by atoms with E-state index in [4.69, 9.17) is 4.74 Å². The molecule has 27 heavy (non-hydrogen) atoms. The summed E-state index contributed by atoms with van der Waals surface area (Å²) in [4.78, 5) is 14.9. The summed E-state index contributed by atoms with van der Waals surface area (Å²) >= 11 is 0. The molecule has 3 aromatic rings. The zero-order chi connectivity index (χ0) is 18.6. The van der Waals surface area contributed by atoms with Gasteiger partial charge in [0, 0.05) is 31.0 Å². The standard InChI is InChI=1S/C22H23N3O2/c1-17-20-11-7-13-24(20)14-15-25(17)16-22(26)23-19-10-5-6-12-21(19)27-18-8-3-2-4-9-18/h2-13,17H,14-16H2,1H3,(H,23,26)/t17-/m1/s1. The smallest absolute Gasteiger partial charge is 0.238 e. The number of anilines is 1. The van der Waals surface area contributed by atoms with Crippen molar-refractivity contribution in [2.45, 2.75) is 19.5 Å². The minimum Gasteiger partial charge on any atom is -0.455 e. The first-order valence-electron chi connectivity index (χ1n) is 9.21. The molecular weight excluding hydrogens is 338 g/mol. The Kier molecular flexibility index (Phi) is 4.94. The quantitative estimate of drug-likeness (QED) is 0.737. The minimum atomic E-state index is -0.0361. The second-order valence-corrected chi connectivity index (χ2v) is 6.73. The van der Waals surface area contributed by atoms with Crippen LogP contribution in [0.25, 0.3) is 0 Å². The fourth-order valence-corrected chi connectivity index (χ4v) is 3.49. The summed E-state index contributed by atoms with van der Waals surface area (Å²) in [7, 11) is 0. The normalized spacial score (nSPS) is 16.6. The summed E-state index contributed by atoms with van der Waals surface area (Å²) in [5.41, 5.74) is 1.93. The number of hydrogen-bond donors (Lipinski definition) is 1. The Morgan fingerprint density at radius 1 is 1.04 bits per heavy atom. The molecule has 4 rings (SSSR count). The van der Waals surface area contributed by atoms with Gasteiger partial charge in [-0.3, -0.25) is 9.69 Å². The lowest BCUT2D eigenvalue weighted by Crippen LogP contribution is -2.41. The van der Waals surface area contributed by atoms with Crippen molar-refractivity contribution in [2.24, 2.45) is 0 Å². The molecule has 1 amide bonds. The van der Waals surface area contributed by atoms with Gasteiger partial charge in [0.15, 0.2) is 5.75 Å². The highest BCUT2D eigenvalue weighted by atomic mass is 16.5. The third-order valence-electron chi connectivity index (χ3n) is 4.95. The lowest BCUT2D eigenvalue weighted by molar-refractivity contribution is -0.118. The fraction of sp³-hybridized carbons (Fsp3) is 0.227. The average molecular weight is 361 g/mol. The maximum absolute atomic E-state index is 12.7. The second-order valence-electron chi connectivity index (χ2n) is 6.73. The second kappa shape index (κ2) is 7.68. The summed E-state index contributed by atoms with van der Waals surface area (Å²) in [6.45, 7) is 4.27. The molecule has 0 fully saturated rings. The van der Waals surface area contributed by atoms with Crippen LogP contribution in [0.1, 0.15) is 18.7 Å². The third-order valence-corrected chi connectivity index (χ3v) is 4.95. The summed E-state index contributed by atoms with van der Waals surface area (Å²) in [5, 5.41) is 3.00. The molecule has 0 spiro atoms. The van der Waals surface area contributed by atoms with E-state index in [2.05, 4.69) is 40.0 Å². The molecule has 138 valence electrons. The number of hydrogen-bond acceptors (Lipinski definition) is 3. The van der Waals surface area contributed by atoms with Crippen LogP contribution >= 0.6 is 0 Å². The van der Waals surface area contributed by atoms with Crippen LogP contribution in [0.3, 0.4) is 0 Å². The molecule has 1 atom stereocenters. The summed E-state index contributed by atoms with van der Waals surface area (Å²) in [6, 6.07) is 21.5. The summed E-state index contributed by atoms with van der Waals surface area (Å²) in [5.74, 6) is 1.34. The highest BCUT2D eigenvalue weighted by Crippen LogP contribution is 2.29. The molecular formula is C22H23N3O2. The number of benzene rings is 2. The number of rotatable bonds is 5. The lowest BCUT2D eigenvalue weighted by atomic mass is 10.1. The molecule has 5 nitrogen and oxygen atoms in total. The first-order chi connectivity index (χ1) is 13.2. The fourth-order valence-electron chi connectivity index (χ4n) is 3.49. The molecule has 0 radical (unpaired) electrons. The Morgan fingerprint density at radius 2 is 1.81 bits per heavy atom. The molecule has 1 N–H and O–H groups in total. The Labute approximate surface area is 159 Å². The number of nitrogens with zero attached hydrogens (tertiary/aromatic N) is 2. The van der Waals surface area contributed by atoms with Crippen molar-refractivity contribution in [3.05, 3.63) is 78.6 Å². The summed E-state index contributed by atoms with van der Waals surface area (Å²) < 4.78 is 8.18. The zero-order valence-corrected chi connectivity index (χ0v) is 15.3. The number of ether oxygens (including phenoxy) is 1. The largest absolute Gasteiger partial charge is 0.455 e. The number of carbonyl (C=O) groups is 1. The summed E-state index contributed by atoms with van der Waals surface area (Å²) in [6.07, 6.45) is 2.10. The Balaban J connectivity index is 1.43. The van der Waals surface area contributed by atoms with Crippen LogP contribution in [-0.2, 0) is 11.3 Å². The zero-order valence-electron chi connectivity index (χ0n) is 15.3. The van der Waals surface area contributed by atoms with Gasteiger partial charge in [-0.05, 0) is 43.3 Å². The van der Waals surface area contributed by atoms with E-state index in [0.717, 1.165) is 18.8 Å². The Bertz CT molecular complexity index is 920. The van der Waals surface area contributed by atoms with Gasteiger partial charge in [0.2, 0.25) is 5.91 Å². The highest BCUT2D eigenvalue weighted by molar-refractivity contribution is 5.93. The molecule has 2 aromatic carbocycles. The predicted octanol–water partition coefficient (Wildman–Crippen LogP) is 4.30. The minimum absolute atomic E-state index is 0.0361. The lowest BCUT2D eigenvalue weighted by Gasteiger charge is -2.34. The van der Waals surface area contributed by atoms with E-state index in [1.54, 1.807) is 0 Å². The van der Waals surface area contributed by atoms with Gasteiger partial charge in [0.05, 0.1) is 12.2 Å². The van der Waals surface area contributed by atoms with Gasteiger partial charge in [-0.25, -0.2) is 0 Å². The molecule has 0 unspecified atom stereocenters. The van der Waals surface area contributed by atoms with E-state index in [9.17, 15) is 4.79 Å². The van der Waals surface area contributed by atoms with Crippen molar-refractivity contribution in [3.63, 3.8) is 0 Å². The van der Waals surface area contributed by atoms with Gasteiger partial charge >= 0.3 is 0 Å². The van der Waals surface area contributed by atoms with E-state index in [-0.39, 0.29) is 11.9 Å². The molecule has 2 heterocycles. The molecule has 0 bridgehead atoms. The van der Waals surface area contributed by atoms with Gasteiger partial charge < -0.3 is 14.6 Å². The van der Waals surface area contributed by atoms with Crippen LogP contribution in [0.2, 0.25) is 0 Å². The number of carbonyl (C=O) groups excluding carboxylic acids is 1. The monoisotopic (exact) mass is 361 g/mol. The highest BCUT2D eigenvalue weighted by Gasteiger charge is 2.25. The van der Waals surface area contributed by atoms with Crippen molar-refractivity contribution in [2.75, 3.05) is 18.4 Å². The first kappa shape index (κ1) is 17.4. The van der Waals surface area contributed by atoms with Crippen LogP contribution in [-0.4, -0.2) is 28.5 Å². The van der Waals surface area contributed by atoms with E-state index in [0.29, 0.717) is 18.0 Å². The van der Waals surface area contributed by atoms with Crippen molar-refractivity contribution in [1.82, 2.24) is 9.47 Å². The van der Waals surface area contributed by atoms with Crippen molar-refractivity contribution >= 4 is 11.6 Å². The van der Waals surface area contributed by atoms with Gasteiger partial charge in [-0.15, -0.1) is 0 Å². The molecule has 0 saturated carbocycles. The van der Waals surface area contributed by atoms with Gasteiger partial charge in [-0.2, -0.15) is 0 Å². The molecule has 5 heteroatoms. The topological polar surface area (TPSA) is 46.5 Å².